The quantitative estimate of drug-likeness (QED) is 0.409. The van der Waals surface area contributed by atoms with E-state index in [1.54, 1.807) is 24.5 Å². The molecule has 3 heterocycles. The van der Waals surface area contributed by atoms with E-state index in [2.05, 4.69) is 20.6 Å². The van der Waals surface area contributed by atoms with Crippen molar-refractivity contribution >= 4 is 29.9 Å². The van der Waals surface area contributed by atoms with Crippen molar-refractivity contribution in [3.05, 3.63) is 53.6 Å². The Morgan fingerprint density at radius 3 is 2.64 bits per heavy atom. The minimum absolute atomic E-state index is 0. The number of imidazole rings is 1. The molecule has 0 saturated carbocycles. The van der Waals surface area contributed by atoms with Gasteiger partial charge in [0.2, 0.25) is 5.91 Å². The largest absolute Gasteiger partial charge is 0.506 e. The van der Waals surface area contributed by atoms with Gasteiger partial charge in [0.15, 0.2) is 0 Å². The van der Waals surface area contributed by atoms with E-state index in [0.717, 1.165) is 48.5 Å². The first-order valence-corrected chi connectivity index (χ1v) is 11.2. The minimum atomic E-state index is -0.446. The molecule has 0 spiro atoms. The number of halogens is 2. The Hall–Kier alpha value is -2.61. The van der Waals surface area contributed by atoms with E-state index in [9.17, 15) is 9.90 Å². The van der Waals surface area contributed by atoms with E-state index in [1.807, 2.05) is 32.0 Å². The highest BCUT2D eigenvalue weighted by atomic mass is 35.5. The first-order chi connectivity index (χ1) is 15.3. The molecule has 33 heavy (non-hydrogen) atoms. The lowest BCUT2D eigenvalue weighted by Crippen LogP contribution is -2.49. The maximum atomic E-state index is 12.6. The molecule has 1 fully saturated rings. The molecule has 4 N–H and O–H groups in total. The number of phenols is 1. The van der Waals surface area contributed by atoms with E-state index in [-0.39, 0.29) is 35.1 Å². The first-order valence-electron chi connectivity index (χ1n) is 10.9. The van der Waals surface area contributed by atoms with Crippen molar-refractivity contribution < 1.29 is 9.90 Å². The van der Waals surface area contributed by atoms with Crippen LogP contribution >= 0.6 is 24.0 Å². The molecule has 1 aliphatic heterocycles. The molecule has 1 amide bonds. The predicted octanol–water partition coefficient (Wildman–Crippen LogP) is 4.46. The van der Waals surface area contributed by atoms with Crippen molar-refractivity contribution in [2.75, 3.05) is 13.1 Å². The molecule has 1 atom stereocenters. The van der Waals surface area contributed by atoms with Gasteiger partial charge < -0.3 is 20.7 Å². The summed E-state index contributed by atoms with van der Waals surface area (Å²) in [5.74, 6) is 0.771. The van der Waals surface area contributed by atoms with Crippen molar-refractivity contribution in [2.24, 2.45) is 0 Å². The highest BCUT2D eigenvalue weighted by Crippen LogP contribution is 2.36. The molecular weight excluding hydrogens is 461 g/mol. The molecule has 9 heteroatoms. The lowest BCUT2D eigenvalue weighted by atomic mass is 9.92. The Kier molecular flexibility index (Phi) is 8.00. The summed E-state index contributed by atoms with van der Waals surface area (Å²) in [4.78, 5) is 25.1. The van der Waals surface area contributed by atoms with Crippen LogP contribution in [-0.4, -0.2) is 45.1 Å². The summed E-state index contributed by atoms with van der Waals surface area (Å²) in [6.45, 7) is 5.41. The highest BCUT2D eigenvalue weighted by molar-refractivity contribution is 6.32. The summed E-state index contributed by atoms with van der Waals surface area (Å²) in [6.07, 6.45) is 6.49. The Bertz CT molecular complexity index is 1100. The third-order valence-corrected chi connectivity index (χ3v) is 6.18. The van der Waals surface area contributed by atoms with E-state index in [1.165, 1.54) is 0 Å². The fourth-order valence-electron chi connectivity index (χ4n) is 3.88. The van der Waals surface area contributed by atoms with Gasteiger partial charge in [-0.3, -0.25) is 9.78 Å². The number of amides is 1. The van der Waals surface area contributed by atoms with Crippen molar-refractivity contribution in [1.82, 2.24) is 25.6 Å². The topological polar surface area (TPSA) is 103 Å². The van der Waals surface area contributed by atoms with Crippen LogP contribution in [0.15, 0.2) is 42.7 Å². The van der Waals surface area contributed by atoms with Gasteiger partial charge in [0.1, 0.15) is 11.6 Å². The van der Waals surface area contributed by atoms with Gasteiger partial charge in [0.25, 0.3) is 0 Å². The lowest BCUT2D eigenvalue weighted by Gasteiger charge is -2.26. The number of benzene rings is 1. The Morgan fingerprint density at radius 1 is 1.21 bits per heavy atom. The molecule has 0 radical (unpaired) electrons. The van der Waals surface area contributed by atoms with Gasteiger partial charge in [-0.15, -0.1) is 12.4 Å². The number of aromatic amines is 1. The molecule has 1 aliphatic rings. The fraction of sp³-hybridized carbons (Fsp3) is 0.375. The van der Waals surface area contributed by atoms with Crippen LogP contribution in [0.25, 0.3) is 22.5 Å². The number of pyridine rings is 1. The number of carbonyl (C=O) groups is 1. The van der Waals surface area contributed by atoms with Crippen LogP contribution in [0.1, 0.15) is 38.9 Å². The molecule has 176 valence electrons. The zero-order chi connectivity index (χ0) is 22.7. The van der Waals surface area contributed by atoms with Crippen LogP contribution in [0.5, 0.6) is 5.75 Å². The number of aromatic nitrogens is 3. The molecule has 4 rings (SSSR count). The van der Waals surface area contributed by atoms with Crippen molar-refractivity contribution in [3.63, 3.8) is 0 Å². The summed E-state index contributed by atoms with van der Waals surface area (Å²) in [5.41, 5.74) is 2.74. The van der Waals surface area contributed by atoms with Crippen molar-refractivity contribution in [2.45, 2.75) is 44.6 Å². The minimum Gasteiger partial charge on any atom is -0.506 e. The van der Waals surface area contributed by atoms with Crippen LogP contribution in [0.3, 0.4) is 0 Å². The summed E-state index contributed by atoms with van der Waals surface area (Å²) < 4.78 is 0. The normalized spacial score (nSPS) is 16.2. The fourth-order valence-corrected chi connectivity index (χ4v) is 4.00. The second-order valence-electron chi connectivity index (χ2n) is 8.82. The molecule has 2 aromatic heterocycles. The van der Waals surface area contributed by atoms with E-state index < -0.39 is 5.41 Å². The average molecular weight is 490 g/mol. The number of carbonyl (C=O) groups excluding carboxylic acids is 1. The van der Waals surface area contributed by atoms with E-state index in [4.69, 9.17) is 16.6 Å². The summed E-state index contributed by atoms with van der Waals surface area (Å²) >= 11 is 6.01. The molecule has 0 aliphatic carbocycles. The number of hydrogen-bond donors (Lipinski definition) is 4. The van der Waals surface area contributed by atoms with Gasteiger partial charge in [-0.1, -0.05) is 37.9 Å². The van der Waals surface area contributed by atoms with Crippen molar-refractivity contribution in [3.8, 4) is 28.3 Å². The smallest absolute Gasteiger partial charge is 0.237 e. The van der Waals surface area contributed by atoms with Gasteiger partial charge in [0, 0.05) is 35.5 Å². The lowest BCUT2D eigenvalue weighted by molar-refractivity contribution is -0.123. The molecule has 3 aromatic rings. The van der Waals surface area contributed by atoms with E-state index in [0.29, 0.717) is 12.2 Å². The number of nitrogens with zero attached hydrogens (tertiary/aromatic N) is 2. The zero-order valence-electron chi connectivity index (χ0n) is 18.7. The molecule has 1 saturated heterocycles. The third kappa shape index (κ3) is 5.66. The van der Waals surface area contributed by atoms with Gasteiger partial charge in [0.05, 0.1) is 22.5 Å². The zero-order valence-corrected chi connectivity index (χ0v) is 20.3. The highest BCUT2D eigenvalue weighted by Gasteiger charge is 2.29. The SMILES string of the molecule is CC(C)(CNC(=O)[C@H]1CCCCN1)c1nc(-c2ccc(Cl)c(O)c2)c(-c2ccncc2)[nH]1.Cl. The molecule has 0 bridgehead atoms. The first kappa shape index (κ1) is 25.0. The molecular formula is C24H29Cl2N5O2. The summed E-state index contributed by atoms with van der Waals surface area (Å²) in [7, 11) is 0. The van der Waals surface area contributed by atoms with Crippen molar-refractivity contribution in [1.29, 1.82) is 0 Å². The molecule has 7 nitrogen and oxygen atoms in total. The maximum absolute atomic E-state index is 12.6. The maximum Gasteiger partial charge on any atom is 0.237 e. The van der Waals surface area contributed by atoms with Crippen LogP contribution in [0, 0.1) is 0 Å². The molecule has 0 unspecified atom stereocenters. The van der Waals surface area contributed by atoms with Crippen LogP contribution in [0.4, 0.5) is 0 Å². The second kappa shape index (κ2) is 10.5. The Labute approximate surface area is 204 Å². The van der Waals surface area contributed by atoms with Crippen LogP contribution in [-0.2, 0) is 10.2 Å². The Balaban J connectivity index is 0.00000306. The van der Waals surface area contributed by atoms with Gasteiger partial charge in [-0.05, 0) is 43.7 Å². The standard InChI is InChI=1S/C24H28ClN5O2.ClH/c1-24(2,14-28-22(32)18-5-3-4-10-27-18)23-29-20(15-8-11-26-12-9-15)21(30-23)16-6-7-17(25)19(31)13-16;/h6-9,11-13,18,27,31H,3-5,10,14H2,1-2H3,(H,28,32)(H,29,30);1H/t18-;/m1./s1. The predicted molar refractivity (Wildman–Crippen MR) is 133 cm³/mol. The summed E-state index contributed by atoms with van der Waals surface area (Å²) in [6, 6.07) is 8.77. The number of piperidine rings is 1. The van der Waals surface area contributed by atoms with Crippen LogP contribution < -0.4 is 10.6 Å². The number of aromatic hydroxyl groups is 1. The number of rotatable bonds is 6. The van der Waals surface area contributed by atoms with Gasteiger partial charge in [-0.2, -0.15) is 0 Å². The number of hydrogen-bond acceptors (Lipinski definition) is 5. The third-order valence-electron chi connectivity index (χ3n) is 5.86. The molecule has 1 aromatic carbocycles. The monoisotopic (exact) mass is 489 g/mol. The van der Waals surface area contributed by atoms with Gasteiger partial charge >= 0.3 is 0 Å². The van der Waals surface area contributed by atoms with Gasteiger partial charge in [-0.25, -0.2) is 4.98 Å². The number of H-pyrrole nitrogens is 1. The Morgan fingerprint density at radius 2 is 1.97 bits per heavy atom. The number of phenolic OH excluding ortho intramolecular Hbond substituents is 1. The summed E-state index contributed by atoms with van der Waals surface area (Å²) in [5, 5.41) is 16.8. The van der Waals surface area contributed by atoms with Crippen LogP contribution in [0.2, 0.25) is 5.02 Å². The van der Waals surface area contributed by atoms with E-state index >= 15 is 0 Å². The second-order valence-corrected chi connectivity index (χ2v) is 9.22. The average Bonchev–Trinajstić information content (AvgIpc) is 3.27. The number of nitrogens with one attached hydrogen (secondary N) is 3.